The van der Waals surface area contributed by atoms with E-state index in [2.05, 4.69) is 4.98 Å². The lowest BCUT2D eigenvalue weighted by Crippen LogP contribution is -2.17. The lowest BCUT2D eigenvalue weighted by Gasteiger charge is -2.12. The van der Waals surface area contributed by atoms with Crippen molar-refractivity contribution >= 4 is 5.97 Å². The topological polar surface area (TPSA) is 42.1 Å². The van der Waals surface area contributed by atoms with Crippen molar-refractivity contribution in [2.24, 2.45) is 0 Å². The molecule has 1 aromatic heterocycles. The maximum absolute atomic E-state index is 11.4. The first-order valence-electron chi connectivity index (χ1n) is 4.45. The van der Waals surface area contributed by atoms with E-state index in [1.807, 2.05) is 32.9 Å². The fourth-order valence-electron chi connectivity index (χ4n) is 1.07. The summed E-state index contributed by atoms with van der Waals surface area (Å²) in [5.41, 5.74) is 0.894. The van der Waals surface area contributed by atoms with E-state index in [0.29, 0.717) is 0 Å². The molecule has 0 amide bonds. The minimum Gasteiger partial charge on any atom is -0.462 e. The summed E-state index contributed by atoms with van der Waals surface area (Å²) >= 11 is 0. The van der Waals surface area contributed by atoms with Crippen molar-refractivity contribution in [3.8, 4) is 0 Å². The quantitative estimate of drug-likeness (QED) is 0.725. The molecule has 0 saturated carbocycles. The van der Waals surface area contributed by atoms with Gasteiger partial charge in [0.05, 0.1) is 12.0 Å². The standard InChI is InChI=1S/C10H15NO2/c1-7(2)13-10(12)8(3)9-5-4-6-11-9/h4-8,11H,1-3H3. The summed E-state index contributed by atoms with van der Waals surface area (Å²) in [4.78, 5) is 14.4. The molecule has 0 aliphatic carbocycles. The molecule has 1 aromatic rings. The van der Waals surface area contributed by atoms with Crippen molar-refractivity contribution in [2.45, 2.75) is 32.8 Å². The van der Waals surface area contributed by atoms with Gasteiger partial charge in [-0.3, -0.25) is 4.79 Å². The predicted molar refractivity (Wildman–Crippen MR) is 50.4 cm³/mol. The molecule has 1 unspecified atom stereocenters. The molecular weight excluding hydrogens is 166 g/mol. The Labute approximate surface area is 78.1 Å². The highest BCUT2D eigenvalue weighted by atomic mass is 16.5. The lowest BCUT2D eigenvalue weighted by atomic mass is 10.1. The van der Waals surface area contributed by atoms with Crippen LogP contribution in [0.2, 0.25) is 0 Å². The maximum atomic E-state index is 11.4. The van der Waals surface area contributed by atoms with Crippen LogP contribution in [0.4, 0.5) is 0 Å². The van der Waals surface area contributed by atoms with Gasteiger partial charge in [0, 0.05) is 11.9 Å². The molecule has 0 aromatic carbocycles. The minimum absolute atomic E-state index is 0.0510. The highest BCUT2D eigenvalue weighted by Crippen LogP contribution is 2.14. The van der Waals surface area contributed by atoms with Crippen LogP contribution in [0.1, 0.15) is 32.4 Å². The Balaban J connectivity index is 2.58. The van der Waals surface area contributed by atoms with E-state index in [1.54, 1.807) is 6.20 Å². The van der Waals surface area contributed by atoms with Crippen LogP contribution in [0.25, 0.3) is 0 Å². The molecule has 1 rings (SSSR count). The van der Waals surface area contributed by atoms with Crippen LogP contribution in [0.15, 0.2) is 18.3 Å². The molecule has 1 heterocycles. The first-order chi connectivity index (χ1) is 6.11. The van der Waals surface area contributed by atoms with Crippen LogP contribution >= 0.6 is 0 Å². The smallest absolute Gasteiger partial charge is 0.314 e. The molecule has 0 saturated heterocycles. The van der Waals surface area contributed by atoms with Crippen molar-refractivity contribution < 1.29 is 9.53 Å². The molecule has 0 aliphatic heterocycles. The summed E-state index contributed by atoms with van der Waals surface area (Å²) in [5.74, 6) is -0.394. The van der Waals surface area contributed by atoms with E-state index in [-0.39, 0.29) is 18.0 Å². The predicted octanol–water partition coefficient (Wildman–Crippen LogP) is 2.07. The monoisotopic (exact) mass is 181 g/mol. The van der Waals surface area contributed by atoms with Gasteiger partial charge in [0.15, 0.2) is 0 Å². The van der Waals surface area contributed by atoms with Crippen LogP contribution in [0.3, 0.4) is 0 Å². The van der Waals surface area contributed by atoms with Gasteiger partial charge in [-0.05, 0) is 32.9 Å². The first kappa shape index (κ1) is 9.84. The molecule has 72 valence electrons. The number of hydrogen-bond donors (Lipinski definition) is 1. The van der Waals surface area contributed by atoms with Crippen molar-refractivity contribution in [3.05, 3.63) is 24.0 Å². The van der Waals surface area contributed by atoms with Gasteiger partial charge < -0.3 is 9.72 Å². The van der Waals surface area contributed by atoms with Crippen molar-refractivity contribution in [3.63, 3.8) is 0 Å². The van der Waals surface area contributed by atoms with Crippen LogP contribution in [0, 0.1) is 0 Å². The summed E-state index contributed by atoms with van der Waals surface area (Å²) in [5, 5.41) is 0. The lowest BCUT2D eigenvalue weighted by molar-refractivity contribution is -0.148. The highest BCUT2D eigenvalue weighted by Gasteiger charge is 2.18. The second-order valence-electron chi connectivity index (χ2n) is 3.33. The second-order valence-corrected chi connectivity index (χ2v) is 3.33. The SMILES string of the molecule is CC(C)OC(=O)C(C)c1ccc[nH]1. The molecule has 3 heteroatoms. The van der Waals surface area contributed by atoms with Crippen molar-refractivity contribution in [1.82, 2.24) is 4.98 Å². The number of nitrogens with one attached hydrogen (secondary N) is 1. The Morgan fingerprint density at radius 2 is 2.15 bits per heavy atom. The number of esters is 1. The van der Waals surface area contributed by atoms with E-state index in [1.165, 1.54) is 0 Å². The van der Waals surface area contributed by atoms with E-state index in [0.717, 1.165) is 5.69 Å². The molecule has 0 fully saturated rings. The fourth-order valence-corrected chi connectivity index (χ4v) is 1.07. The van der Waals surface area contributed by atoms with Crippen LogP contribution in [0.5, 0.6) is 0 Å². The van der Waals surface area contributed by atoms with Gasteiger partial charge in [-0.15, -0.1) is 0 Å². The Bertz CT molecular complexity index is 264. The molecule has 3 nitrogen and oxygen atoms in total. The summed E-state index contributed by atoms with van der Waals surface area (Å²) in [7, 11) is 0. The molecule has 0 aliphatic rings. The van der Waals surface area contributed by atoms with Crippen LogP contribution < -0.4 is 0 Å². The zero-order chi connectivity index (χ0) is 9.84. The third kappa shape index (κ3) is 2.61. The van der Waals surface area contributed by atoms with Gasteiger partial charge in [-0.2, -0.15) is 0 Å². The van der Waals surface area contributed by atoms with Gasteiger partial charge in [-0.25, -0.2) is 0 Å². The third-order valence-electron chi connectivity index (χ3n) is 1.79. The van der Waals surface area contributed by atoms with Gasteiger partial charge in [0.25, 0.3) is 0 Å². The van der Waals surface area contributed by atoms with E-state index >= 15 is 0 Å². The number of rotatable bonds is 3. The van der Waals surface area contributed by atoms with Crippen LogP contribution in [-0.4, -0.2) is 17.1 Å². The Morgan fingerprint density at radius 3 is 2.62 bits per heavy atom. The Morgan fingerprint density at radius 1 is 1.46 bits per heavy atom. The maximum Gasteiger partial charge on any atom is 0.314 e. The highest BCUT2D eigenvalue weighted by molar-refractivity contribution is 5.77. The van der Waals surface area contributed by atoms with Gasteiger partial charge in [0.1, 0.15) is 0 Å². The molecule has 13 heavy (non-hydrogen) atoms. The Kier molecular flexibility index (Phi) is 3.12. The van der Waals surface area contributed by atoms with Crippen molar-refractivity contribution in [2.75, 3.05) is 0 Å². The number of hydrogen-bond acceptors (Lipinski definition) is 2. The van der Waals surface area contributed by atoms with E-state index in [9.17, 15) is 4.79 Å². The summed E-state index contributed by atoms with van der Waals surface area (Å²) in [6, 6.07) is 3.75. The number of aromatic nitrogens is 1. The van der Waals surface area contributed by atoms with Gasteiger partial charge >= 0.3 is 5.97 Å². The number of H-pyrrole nitrogens is 1. The number of ether oxygens (including phenoxy) is 1. The zero-order valence-electron chi connectivity index (χ0n) is 8.20. The van der Waals surface area contributed by atoms with Crippen molar-refractivity contribution in [1.29, 1.82) is 0 Å². The minimum atomic E-state index is -0.211. The molecule has 1 atom stereocenters. The largest absolute Gasteiger partial charge is 0.462 e. The second kappa shape index (κ2) is 4.12. The molecule has 1 N–H and O–H groups in total. The average molecular weight is 181 g/mol. The third-order valence-corrected chi connectivity index (χ3v) is 1.79. The van der Waals surface area contributed by atoms with Gasteiger partial charge in [-0.1, -0.05) is 0 Å². The number of carbonyl (C=O) groups is 1. The zero-order valence-corrected chi connectivity index (χ0v) is 8.20. The Hall–Kier alpha value is -1.25. The molecule has 0 bridgehead atoms. The molecular formula is C10H15NO2. The molecule has 0 spiro atoms. The van der Waals surface area contributed by atoms with Gasteiger partial charge in [0.2, 0.25) is 0 Å². The first-order valence-corrected chi connectivity index (χ1v) is 4.45. The number of aromatic amines is 1. The van der Waals surface area contributed by atoms with E-state index < -0.39 is 0 Å². The fraction of sp³-hybridized carbons (Fsp3) is 0.500. The average Bonchev–Trinajstić information content (AvgIpc) is 2.53. The number of carbonyl (C=O) groups excluding carboxylic acids is 1. The summed E-state index contributed by atoms with van der Waals surface area (Å²) in [6.45, 7) is 5.52. The van der Waals surface area contributed by atoms with Crippen LogP contribution in [-0.2, 0) is 9.53 Å². The summed E-state index contributed by atoms with van der Waals surface area (Å²) < 4.78 is 5.08. The van der Waals surface area contributed by atoms with E-state index in [4.69, 9.17) is 4.74 Å². The summed E-state index contributed by atoms with van der Waals surface area (Å²) in [6.07, 6.45) is 1.75. The molecule has 0 radical (unpaired) electrons. The normalized spacial score (nSPS) is 12.9.